The molecule has 1 amide bonds. The minimum absolute atomic E-state index is 0.155. The number of carbonyl (C=O) groups is 1. The summed E-state index contributed by atoms with van der Waals surface area (Å²) in [7, 11) is 0. The molecule has 0 aliphatic carbocycles. The van der Waals surface area contributed by atoms with Crippen LogP contribution in [0.5, 0.6) is 0 Å². The van der Waals surface area contributed by atoms with E-state index in [1.165, 1.54) is 0 Å². The molecule has 0 aromatic heterocycles. The van der Waals surface area contributed by atoms with Crippen molar-refractivity contribution in [2.45, 2.75) is 17.4 Å². The van der Waals surface area contributed by atoms with Crippen LogP contribution in [0, 0.1) is 0 Å². The molecule has 0 saturated carbocycles. The highest BCUT2D eigenvalue weighted by Gasteiger charge is 2.22. The van der Waals surface area contributed by atoms with Crippen molar-refractivity contribution in [2.24, 2.45) is 0 Å². The van der Waals surface area contributed by atoms with E-state index in [1.54, 1.807) is 23.9 Å². The van der Waals surface area contributed by atoms with Gasteiger partial charge in [-0.25, -0.2) is 4.79 Å². The van der Waals surface area contributed by atoms with Crippen molar-refractivity contribution >= 4 is 41.1 Å². The van der Waals surface area contributed by atoms with Crippen molar-refractivity contribution in [2.75, 3.05) is 5.75 Å². The molecule has 2 aromatic rings. The zero-order valence-electron chi connectivity index (χ0n) is 11.5. The third-order valence-electron chi connectivity index (χ3n) is 3.59. The zero-order valence-corrected chi connectivity index (χ0v) is 13.8. The molecule has 1 unspecified atom stereocenters. The fourth-order valence-corrected chi connectivity index (χ4v) is 4.13. The fourth-order valence-electron chi connectivity index (χ4n) is 2.57. The average Bonchev–Trinajstić information content (AvgIpc) is 2.49. The molecular formula is C16H13Cl2NO2S. The van der Waals surface area contributed by atoms with Crippen LogP contribution in [-0.2, 0) is 0 Å². The lowest BCUT2D eigenvalue weighted by atomic mass is 9.99. The smallest absolute Gasteiger partial charge is 0.405 e. The summed E-state index contributed by atoms with van der Waals surface area (Å²) in [4.78, 5) is 12.0. The number of fused-ring (bicyclic) bond motifs is 1. The Balaban J connectivity index is 2.00. The number of thioether (sulfide) groups is 1. The van der Waals surface area contributed by atoms with Gasteiger partial charge in [0, 0.05) is 26.3 Å². The van der Waals surface area contributed by atoms with E-state index in [0.717, 1.165) is 33.8 Å². The predicted octanol–water partition coefficient (Wildman–Crippen LogP) is 5.46. The Morgan fingerprint density at radius 1 is 1.23 bits per heavy atom. The maximum Gasteiger partial charge on any atom is 0.405 e. The molecule has 22 heavy (non-hydrogen) atoms. The first-order valence-electron chi connectivity index (χ1n) is 6.76. The second-order valence-electron chi connectivity index (χ2n) is 5.02. The minimum Gasteiger partial charge on any atom is -0.465 e. The Morgan fingerprint density at radius 2 is 2.05 bits per heavy atom. The van der Waals surface area contributed by atoms with E-state index in [4.69, 9.17) is 28.3 Å². The van der Waals surface area contributed by atoms with Crippen molar-refractivity contribution < 1.29 is 9.90 Å². The van der Waals surface area contributed by atoms with Crippen molar-refractivity contribution in [3.05, 3.63) is 52.0 Å². The Morgan fingerprint density at radius 3 is 2.82 bits per heavy atom. The molecule has 2 aromatic carbocycles. The van der Waals surface area contributed by atoms with Crippen molar-refractivity contribution in [3.8, 4) is 11.1 Å². The molecule has 0 radical (unpaired) electrons. The first-order chi connectivity index (χ1) is 10.5. The van der Waals surface area contributed by atoms with E-state index >= 15 is 0 Å². The number of halogens is 2. The Kier molecular flexibility index (Phi) is 4.52. The lowest BCUT2D eigenvalue weighted by molar-refractivity contribution is 0.189. The number of nitrogens with one attached hydrogen (secondary N) is 1. The first kappa shape index (κ1) is 15.5. The topological polar surface area (TPSA) is 49.3 Å². The zero-order chi connectivity index (χ0) is 15.7. The van der Waals surface area contributed by atoms with E-state index in [0.29, 0.717) is 10.0 Å². The molecule has 0 bridgehead atoms. The van der Waals surface area contributed by atoms with Crippen LogP contribution >= 0.6 is 35.0 Å². The van der Waals surface area contributed by atoms with Gasteiger partial charge in [-0.2, -0.15) is 0 Å². The summed E-state index contributed by atoms with van der Waals surface area (Å²) < 4.78 is 0. The Hall–Kier alpha value is -1.36. The van der Waals surface area contributed by atoms with Crippen LogP contribution in [0.3, 0.4) is 0 Å². The molecule has 114 valence electrons. The second kappa shape index (κ2) is 6.41. The SMILES string of the molecule is O=C(O)NC1CCSc2cc(-c3cc(Cl)ccc3Cl)ccc21. The number of hydrogen-bond donors (Lipinski definition) is 2. The van der Waals surface area contributed by atoms with Gasteiger partial charge < -0.3 is 10.4 Å². The minimum atomic E-state index is -0.996. The van der Waals surface area contributed by atoms with Gasteiger partial charge in [-0.1, -0.05) is 35.3 Å². The normalized spacial score (nSPS) is 16.9. The van der Waals surface area contributed by atoms with Gasteiger partial charge in [0.2, 0.25) is 0 Å². The van der Waals surface area contributed by atoms with E-state index in [1.807, 2.05) is 24.3 Å². The highest BCUT2D eigenvalue weighted by atomic mass is 35.5. The third kappa shape index (κ3) is 3.19. The molecule has 0 fully saturated rings. The summed E-state index contributed by atoms with van der Waals surface area (Å²) in [6, 6.07) is 11.2. The molecule has 1 aliphatic heterocycles. The molecule has 6 heteroatoms. The number of benzene rings is 2. The van der Waals surface area contributed by atoms with Crippen LogP contribution in [-0.4, -0.2) is 17.0 Å². The van der Waals surface area contributed by atoms with Crippen molar-refractivity contribution in [1.29, 1.82) is 0 Å². The average molecular weight is 354 g/mol. The highest BCUT2D eigenvalue weighted by Crippen LogP contribution is 2.40. The highest BCUT2D eigenvalue weighted by molar-refractivity contribution is 7.99. The van der Waals surface area contributed by atoms with Gasteiger partial charge in [-0.15, -0.1) is 11.8 Å². The summed E-state index contributed by atoms with van der Waals surface area (Å²) in [5.41, 5.74) is 2.88. The summed E-state index contributed by atoms with van der Waals surface area (Å²) in [5.74, 6) is 0.880. The largest absolute Gasteiger partial charge is 0.465 e. The van der Waals surface area contributed by atoms with E-state index < -0.39 is 6.09 Å². The van der Waals surface area contributed by atoms with E-state index in [-0.39, 0.29) is 6.04 Å². The molecular weight excluding hydrogens is 341 g/mol. The Labute approximate surface area is 142 Å². The maximum atomic E-state index is 10.9. The lowest BCUT2D eigenvalue weighted by Crippen LogP contribution is -2.29. The van der Waals surface area contributed by atoms with Crippen molar-refractivity contribution in [1.82, 2.24) is 5.32 Å². The first-order valence-corrected chi connectivity index (χ1v) is 8.50. The van der Waals surface area contributed by atoms with Crippen LogP contribution < -0.4 is 5.32 Å². The number of hydrogen-bond acceptors (Lipinski definition) is 2. The van der Waals surface area contributed by atoms with Gasteiger partial charge >= 0.3 is 6.09 Å². The van der Waals surface area contributed by atoms with Crippen molar-refractivity contribution in [3.63, 3.8) is 0 Å². The number of rotatable bonds is 2. The van der Waals surface area contributed by atoms with E-state index in [2.05, 4.69) is 5.32 Å². The van der Waals surface area contributed by atoms with Crippen LogP contribution in [0.1, 0.15) is 18.0 Å². The second-order valence-corrected chi connectivity index (χ2v) is 7.00. The van der Waals surface area contributed by atoms with E-state index in [9.17, 15) is 4.79 Å². The fraction of sp³-hybridized carbons (Fsp3) is 0.188. The van der Waals surface area contributed by atoms with Crippen LogP contribution in [0.25, 0.3) is 11.1 Å². The molecule has 3 rings (SSSR count). The van der Waals surface area contributed by atoms with Crippen LogP contribution in [0.15, 0.2) is 41.3 Å². The molecule has 1 heterocycles. The monoisotopic (exact) mass is 353 g/mol. The molecule has 1 atom stereocenters. The maximum absolute atomic E-state index is 10.9. The summed E-state index contributed by atoms with van der Waals surface area (Å²) >= 11 is 14.0. The molecule has 3 nitrogen and oxygen atoms in total. The summed E-state index contributed by atoms with van der Waals surface area (Å²) in [6.45, 7) is 0. The van der Waals surface area contributed by atoms with Gasteiger partial charge in [0.1, 0.15) is 0 Å². The van der Waals surface area contributed by atoms with Gasteiger partial charge in [0.15, 0.2) is 0 Å². The molecule has 0 spiro atoms. The predicted molar refractivity (Wildman–Crippen MR) is 91.1 cm³/mol. The quantitative estimate of drug-likeness (QED) is 0.752. The third-order valence-corrected chi connectivity index (χ3v) is 5.26. The summed E-state index contributed by atoms with van der Waals surface area (Å²) in [6.07, 6.45) is -0.203. The molecule has 2 N–H and O–H groups in total. The Bertz CT molecular complexity index is 736. The van der Waals surface area contributed by atoms with Gasteiger partial charge in [0.25, 0.3) is 0 Å². The molecule has 0 saturated heterocycles. The van der Waals surface area contributed by atoms with Gasteiger partial charge in [-0.3, -0.25) is 0 Å². The van der Waals surface area contributed by atoms with Gasteiger partial charge in [-0.05, 0) is 41.8 Å². The summed E-state index contributed by atoms with van der Waals surface area (Å²) in [5, 5.41) is 12.8. The van der Waals surface area contributed by atoms with Crippen LogP contribution in [0.2, 0.25) is 10.0 Å². The van der Waals surface area contributed by atoms with Gasteiger partial charge in [0.05, 0.1) is 6.04 Å². The number of amides is 1. The standard InChI is InChI=1S/C16H13Cl2NO2S/c17-10-2-4-13(18)12(8-10)9-1-3-11-14(19-16(20)21)5-6-22-15(11)7-9/h1-4,7-8,14,19H,5-6H2,(H,20,21). The number of carboxylic acid groups (broad SMARTS) is 1. The van der Waals surface area contributed by atoms with Crippen LogP contribution in [0.4, 0.5) is 4.79 Å². The lowest BCUT2D eigenvalue weighted by Gasteiger charge is -2.25. The molecule has 1 aliphatic rings.